The molecule has 0 aliphatic heterocycles. The van der Waals surface area contributed by atoms with Crippen molar-refractivity contribution in [1.29, 1.82) is 0 Å². The molecular formula is C6H5N3O. The minimum Gasteiger partial charge on any atom is -0.353 e. The van der Waals surface area contributed by atoms with Gasteiger partial charge in [-0.05, 0) is 10.3 Å². The Bertz CT molecular complexity index is 413. The minimum atomic E-state index is 0.657. The van der Waals surface area contributed by atoms with Gasteiger partial charge in [-0.15, -0.1) is 0 Å². The van der Waals surface area contributed by atoms with Crippen LogP contribution >= 0.6 is 0 Å². The third kappa shape index (κ3) is 0.452. The van der Waals surface area contributed by atoms with Gasteiger partial charge in [0.25, 0.3) is 0 Å². The zero-order valence-electron chi connectivity index (χ0n) is 5.22. The highest BCUT2D eigenvalue weighted by molar-refractivity contribution is 5.73. The van der Waals surface area contributed by atoms with Crippen molar-refractivity contribution in [3.63, 3.8) is 0 Å². The quantitative estimate of drug-likeness (QED) is 0.523. The van der Waals surface area contributed by atoms with Gasteiger partial charge < -0.3 is 4.98 Å². The number of nitrogens with one attached hydrogen (secondary N) is 1. The van der Waals surface area contributed by atoms with Gasteiger partial charge in [-0.1, -0.05) is 13.2 Å². The first-order valence-corrected chi connectivity index (χ1v) is 2.77. The van der Waals surface area contributed by atoms with E-state index in [0.717, 1.165) is 0 Å². The second kappa shape index (κ2) is 1.47. The molecule has 0 aromatic carbocycles. The van der Waals surface area contributed by atoms with Crippen molar-refractivity contribution in [2.75, 3.05) is 0 Å². The maximum Gasteiger partial charge on any atom is 0.160 e. The van der Waals surface area contributed by atoms with Gasteiger partial charge in [0.05, 0.1) is 10.7 Å². The molecule has 0 aliphatic rings. The molecule has 2 heterocycles. The van der Waals surface area contributed by atoms with Crippen molar-refractivity contribution in [2.45, 2.75) is 0 Å². The normalized spacial score (nSPS) is 10.8. The summed E-state index contributed by atoms with van der Waals surface area (Å²) in [5.41, 5.74) is 1.31. The highest BCUT2D eigenvalue weighted by Crippen LogP contribution is 1.93. The molecule has 4 nitrogen and oxygen atoms in total. The number of hydrogen-bond acceptors (Lipinski definition) is 3. The Kier molecular flexibility index (Phi) is 0.768. The van der Waals surface area contributed by atoms with Crippen LogP contribution in [0.1, 0.15) is 0 Å². The molecule has 0 unspecified atom stereocenters. The molecule has 2 aromatic heterocycles. The van der Waals surface area contributed by atoms with Gasteiger partial charge in [-0.3, -0.25) is 0 Å². The lowest BCUT2D eigenvalue weighted by Gasteiger charge is -1.67. The standard InChI is InChI=1S/C6H5N3O/c1-3-5-6(4(2)7-3)9-10-8-5/h7H,1-2H2. The van der Waals surface area contributed by atoms with Crippen molar-refractivity contribution in [2.24, 2.45) is 0 Å². The molecule has 2 aromatic rings. The third-order valence-corrected chi connectivity index (χ3v) is 1.36. The van der Waals surface area contributed by atoms with Gasteiger partial charge in [0.1, 0.15) is 0 Å². The maximum absolute atomic E-state index is 4.47. The number of rotatable bonds is 0. The summed E-state index contributed by atoms with van der Waals surface area (Å²) in [5.74, 6) is 0. The summed E-state index contributed by atoms with van der Waals surface area (Å²) in [5, 5.41) is 8.63. The fourth-order valence-electron chi connectivity index (χ4n) is 0.885. The average molecular weight is 135 g/mol. The van der Waals surface area contributed by atoms with E-state index in [2.05, 4.69) is 33.1 Å². The van der Waals surface area contributed by atoms with Crippen LogP contribution in [0.4, 0.5) is 0 Å². The Hall–Kier alpha value is -1.58. The van der Waals surface area contributed by atoms with Gasteiger partial charge in [0, 0.05) is 0 Å². The molecule has 2 rings (SSSR count). The van der Waals surface area contributed by atoms with Gasteiger partial charge in [-0.25, -0.2) is 4.63 Å². The van der Waals surface area contributed by atoms with E-state index >= 15 is 0 Å². The van der Waals surface area contributed by atoms with Crippen molar-refractivity contribution in [3.8, 4) is 0 Å². The van der Waals surface area contributed by atoms with Crippen molar-refractivity contribution in [1.82, 2.24) is 15.3 Å². The van der Waals surface area contributed by atoms with E-state index in [-0.39, 0.29) is 0 Å². The van der Waals surface area contributed by atoms with Crippen LogP contribution in [-0.4, -0.2) is 15.3 Å². The predicted molar refractivity (Wildman–Crippen MR) is 36.4 cm³/mol. The topological polar surface area (TPSA) is 54.7 Å². The van der Waals surface area contributed by atoms with Crippen LogP contribution in [0.25, 0.3) is 24.2 Å². The van der Waals surface area contributed by atoms with Gasteiger partial charge in [0.2, 0.25) is 0 Å². The summed E-state index contributed by atoms with van der Waals surface area (Å²) < 4.78 is 4.47. The monoisotopic (exact) mass is 135 g/mol. The largest absolute Gasteiger partial charge is 0.353 e. The van der Waals surface area contributed by atoms with Gasteiger partial charge in [0.15, 0.2) is 11.0 Å². The summed E-state index contributed by atoms with van der Waals surface area (Å²) >= 11 is 0. The molecule has 10 heavy (non-hydrogen) atoms. The highest BCUT2D eigenvalue weighted by atomic mass is 16.6. The van der Waals surface area contributed by atoms with E-state index < -0.39 is 0 Å². The van der Waals surface area contributed by atoms with E-state index in [1.165, 1.54) is 0 Å². The first-order chi connectivity index (χ1) is 4.79. The molecule has 0 fully saturated rings. The Morgan fingerprint density at radius 1 is 1.10 bits per heavy atom. The smallest absolute Gasteiger partial charge is 0.160 e. The number of fused-ring (bicyclic) bond motifs is 1. The fourth-order valence-corrected chi connectivity index (χ4v) is 0.885. The third-order valence-electron chi connectivity index (χ3n) is 1.36. The Morgan fingerprint density at radius 2 is 1.60 bits per heavy atom. The summed E-state index contributed by atoms with van der Waals surface area (Å²) in [7, 11) is 0. The molecule has 4 heteroatoms. The molecule has 0 atom stereocenters. The highest BCUT2D eigenvalue weighted by Gasteiger charge is 2.02. The number of H-pyrrole nitrogens is 1. The minimum absolute atomic E-state index is 0.657. The molecule has 0 bridgehead atoms. The lowest BCUT2D eigenvalue weighted by molar-refractivity contribution is 0.314. The van der Waals surface area contributed by atoms with Crippen LogP contribution in [0.5, 0.6) is 0 Å². The molecule has 0 radical (unpaired) electrons. The van der Waals surface area contributed by atoms with Crippen LogP contribution in [0.3, 0.4) is 0 Å². The first-order valence-electron chi connectivity index (χ1n) is 2.77. The van der Waals surface area contributed by atoms with Crippen LogP contribution in [0.15, 0.2) is 4.63 Å². The molecule has 0 aliphatic carbocycles. The lowest BCUT2D eigenvalue weighted by Crippen LogP contribution is -2.06. The number of hydrogen-bond donors (Lipinski definition) is 1. The summed E-state index contributed by atoms with van der Waals surface area (Å²) in [6.07, 6.45) is 0. The lowest BCUT2D eigenvalue weighted by atomic mass is 10.5. The van der Waals surface area contributed by atoms with Crippen molar-refractivity contribution < 1.29 is 4.63 Å². The van der Waals surface area contributed by atoms with E-state index in [4.69, 9.17) is 0 Å². The SMILES string of the molecule is C=c1[nH]c(=C)c2nonc12. The van der Waals surface area contributed by atoms with E-state index in [1.54, 1.807) is 0 Å². The molecule has 1 N–H and O–H groups in total. The van der Waals surface area contributed by atoms with Gasteiger partial charge in [-0.2, -0.15) is 0 Å². The van der Waals surface area contributed by atoms with Gasteiger partial charge >= 0.3 is 0 Å². The van der Waals surface area contributed by atoms with Crippen molar-refractivity contribution in [3.05, 3.63) is 10.7 Å². The Balaban J connectivity index is 3.28. The maximum atomic E-state index is 4.47. The second-order valence-electron chi connectivity index (χ2n) is 2.04. The second-order valence-corrected chi connectivity index (χ2v) is 2.04. The number of nitrogens with zero attached hydrogens (tertiary/aromatic N) is 2. The molecular weight excluding hydrogens is 130 g/mol. The number of aromatic nitrogens is 3. The molecule has 0 saturated heterocycles. The summed E-state index contributed by atoms with van der Waals surface area (Å²) in [4.78, 5) is 2.89. The average Bonchev–Trinajstić information content (AvgIpc) is 2.39. The van der Waals surface area contributed by atoms with E-state index in [1.807, 2.05) is 0 Å². The first kappa shape index (κ1) is 5.22. The van der Waals surface area contributed by atoms with Crippen LogP contribution < -0.4 is 10.7 Å². The van der Waals surface area contributed by atoms with Crippen LogP contribution in [-0.2, 0) is 0 Å². The van der Waals surface area contributed by atoms with E-state index in [9.17, 15) is 0 Å². The van der Waals surface area contributed by atoms with Crippen LogP contribution in [0, 0.1) is 0 Å². The van der Waals surface area contributed by atoms with E-state index in [0.29, 0.717) is 21.7 Å². The zero-order valence-corrected chi connectivity index (χ0v) is 5.22. The zero-order chi connectivity index (χ0) is 7.14. The molecule has 0 saturated carbocycles. The van der Waals surface area contributed by atoms with Crippen LogP contribution in [0.2, 0.25) is 0 Å². The number of aromatic amines is 1. The summed E-state index contributed by atoms with van der Waals surface area (Å²) in [6, 6.07) is 0. The Morgan fingerprint density at radius 3 is 2.10 bits per heavy atom. The van der Waals surface area contributed by atoms with Crippen molar-refractivity contribution >= 4 is 24.2 Å². The summed E-state index contributed by atoms with van der Waals surface area (Å²) in [6.45, 7) is 7.37. The molecule has 50 valence electrons. The Labute approximate surface area is 55.8 Å². The predicted octanol–water partition coefficient (Wildman–Crippen LogP) is -0.629. The fraction of sp³-hybridized carbons (Fsp3) is 0. The molecule has 0 amide bonds. The molecule has 0 spiro atoms.